The Balaban J connectivity index is 0.000000422. The number of carboxylic acids is 2. The summed E-state index contributed by atoms with van der Waals surface area (Å²) in [6.45, 7) is 22.2. The lowest BCUT2D eigenvalue weighted by atomic mass is 10.0. The van der Waals surface area contributed by atoms with Crippen molar-refractivity contribution in [1.29, 1.82) is 0 Å². The van der Waals surface area contributed by atoms with Crippen LogP contribution in [0.3, 0.4) is 0 Å². The van der Waals surface area contributed by atoms with E-state index in [-0.39, 0.29) is 12.8 Å². The number of aryl methyl sites for hydroxylation is 4. The molecular formula is C44H48N4O5. The van der Waals surface area contributed by atoms with Gasteiger partial charge in [-0.15, -0.1) is 0 Å². The summed E-state index contributed by atoms with van der Waals surface area (Å²) < 4.78 is 0. The number of carbonyl (C=O) groups is 2. The zero-order chi connectivity index (χ0) is 38.7. The minimum Gasteiger partial charge on any atom is -0.508 e. The van der Waals surface area contributed by atoms with Gasteiger partial charge in [0, 0.05) is 46.0 Å². The molecule has 6 rings (SSSR count). The molecule has 0 fully saturated rings. The van der Waals surface area contributed by atoms with E-state index in [1.165, 1.54) is 5.56 Å². The van der Waals surface area contributed by atoms with E-state index >= 15 is 0 Å². The van der Waals surface area contributed by atoms with Gasteiger partial charge < -0.3 is 25.3 Å². The second-order valence-corrected chi connectivity index (χ2v) is 13.9. The molecule has 9 heteroatoms. The number of nitrogens with one attached hydrogen (secondary N) is 2. The van der Waals surface area contributed by atoms with Crippen molar-refractivity contribution in [3.63, 3.8) is 0 Å². The molecule has 0 radical (unpaired) electrons. The molecule has 53 heavy (non-hydrogen) atoms. The first-order valence-corrected chi connectivity index (χ1v) is 17.8. The van der Waals surface area contributed by atoms with Crippen LogP contribution in [0.25, 0.3) is 50.4 Å². The third-order valence-corrected chi connectivity index (χ3v) is 10.1. The molecule has 5 heterocycles. The molecule has 4 aromatic rings. The zero-order valence-electron chi connectivity index (χ0n) is 31.6. The van der Waals surface area contributed by atoms with E-state index in [0.717, 1.165) is 89.3 Å². The van der Waals surface area contributed by atoms with Gasteiger partial charge >= 0.3 is 11.9 Å². The largest absolute Gasteiger partial charge is 0.508 e. The molecule has 2 aliphatic heterocycles. The molecular weight excluding hydrogens is 665 g/mol. The smallest absolute Gasteiger partial charge is 0.303 e. The Labute approximate surface area is 310 Å². The summed E-state index contributed by atoms with van der Waals surface area (Å²) >= 11 is 0. The number of aromatic nitrogens is 4. The van der Waals surface area contributed by atoms with Crippen molar-refractivity contribution >= 4 is 62.4 Å². The van der Waals surface area contributed by atoms with Crippen LogP contribution in [-0.4, -0.2) is 47.2 Å². The Morgan fingerprint density at radius 3 is 1.91 bits per heavy atom. The number of rotatable bonds is 9. The average Bonchev–Trinajstić information content (AvgIpc) is 3.76. The lowest BCUT2D eigenvalue weighted by molar-refractivity contribution is -0.137. The number of phenolic OH excluding ortho intramolecular Hbond substituents is 1. The standard InChI is InChI=1S/C34H34N4O4.C10H14O/c1-7-21-17(3)25-13-26-19(5)23(9-11-33(39)40)31(37-26)16-32-24(10-12-34(41)42)20(6)28(38-32)15-30-22(8-2)18(4)27(36-30)14-29(21)35-25;1-7(2)9-5-4-8(3)10(11)6-9/h7-8,13-16,35,38H,1-2,9-12H2,3-6H3,(H,39,40)(H,41,42);4-7,11H,1-3H3. The monoisotopic (exact) mass is 712 g/mol. The van der Waals surface area contributed by atoms with Gasteiger partial charge in [-0.05, 0) is 128 Å². The van der Waals surface area contributed by atoms with Crippen molar-refractivity contribution in [2.75, 3.05) is 0 Å². The van der Waals surface area contributed by atoms with E-state index in [1.807, 2.05) is 77.1 Å². The van der Waals surface area contributed by atoms with E-state index in [2.05, 4.69) is 43.0 Å². The SMILES string of the molecule is C=CC1=C(C)c2cc3[nH]c(cc4nc(cc5[nH]c(cc1n2)c(C)c5CCC(=O)O)C(CCC(=O)O)=C4C)c(C)c3C=C.Cc1ccc(C(C)C)cc1O. The Morgan fingerprint density at radius 2 is 1.28 bits per heavy atom. The molecule has 2 aliphatic rings. The van der Waals surface area contributed by atoms with Gasteiger partial charge in [0.1, 0.15) is 5.75 Å². The number of nitrogens with zero attached hydrogens (tertiary/aromatic N) is 2. The lowest BCUT2D eigenvalue weighted by Crippen LogP contribution is -1.98. The molecule has 0 spiro atoms. The molecule has 0 atom stereocenters. The van der Waals surface area contributed by atoms with Gasteiger partial charge in [0.25, 0.3) is 0 Å². The Bertz CT molecular complexity index is 2390. The highest BCUT2D eigenvalue weighted by molar-refractivity contribution is 5.98. The number of hydrogen-bond donors (Lipinski definition) is 5. The van der Waals surface area contributed by atoms with E-state index in [1.54, 1.807) is 6.08 Å². The predicted octanol–water partition coefficient (Wildman–Crippen LogP) is 10.3. The molecule has 9 nitrogen and oxygen atoms in total. The number of carboxylic acid groups (broad SMARTS) is 2. The average molecular weight is 713 g/mol. The number of H-pyrrole nitrogens is 2. The first-order valence-electron chi connectivity index (χ1n) is 17.8. The summed E-state index contributed by atoms with van der Waals surface area (Å²) in [5.41, 5.74) is 15.8. The van der Waals surface area contributed by atoms with Gasteiger partial charge in [0.15, 0.2) is 0 Å². The summed E-state index contributed by atoms with van der Waals surface area (Å²) in [6.07, 6.45) is 4.22. The summed E-state index contributed by atoms with van der Waals surface area (Å²) in [5, 5.41) is 28.3. The van der Waals surface area contributed by atoms with Gasteiger partial charge in [-0.3, -0.25) is 9.59 Å². The third-order valence-electron chi connectivity index (χ3n) is 10.1. The van der Waals surface area contributed by atoms with Crippen LogP contribution in [0.1, 0.15) is 109 Å². The lowest BCUT2D eigenvalue weighted by Gasteiger charge is -2.06. The minimum atomic E-state index is -0.883. The summed E-state index contributed by atoms with van der Waals surface area (Å²) in [5.74, 6) is -0.878. The van der Waals surface area contributed by atoms with Crippen LogP contribution < -0.4 is 0 Å². The Hall–Kier alpha value is -5.96. The van der Waals surface area contributed by atoms with Crippen molar-refractivity contribution in [3.05, 3.63) is 118 Å². The minimum absolute atomic E-state index is 0.0259. The van der Waals surface area contributed by atoms with Crippen molar-refractivity contribution in [3.8, 4) is 5.75 Å². The number of aliphatic carboxylic acids is 2. The van der Waals surface area contributed by atoms with Crippen molar-refractivity contribution in [2.45, 2.75) is 80.1 Å². The number of hydrogen-bond acceptors (Lipinski definition) is 5. The topological polar surface area (TPSA) is 152 Å². The number of fused-ring (bicyclic) bond motifs is 8. The number of allylic oxidation sites excluding steroid dienone is 5. The van der Waals surface area contributed by atoms with Crippen molar-refractivity contribution < 1.29 is 24.9 Å². The van der Waals surface area contributed by atoms with Crippen LogP contribution in [0.5, 0.6) is 5.75 Å². The highest BCUT2D eigenvalue weighted by Crippen LogP contribution is 2.36. The fourth-order valence-electron chi connectivity index (χ4n) is 6.75. The van der Waals surface area contributed by atoms with E-state index in [4.69, 9.17) is 9.97 Å². The molecule has 8 bridgehead atoms. The predicted molar refractivity (Wildman–Crippen MR) is 215 cm³/mol. The fourth-order valence-corrected chi connectivity index (χ4v) is 6.75. The van der Waals surface area contributed by atoms with Crippen LogP contribution in [0.2, 0.25) is 0 Å². The van der Waals surface area contributed by atoms with Crippen molar-refractivity contribution in [1.82, 2.24) is 19.9 Å². The van der Waals surface area contributed by atoms with E-state index in [0.29, 0.717) is 30.2 Å². The van der Waals surface area contributed by atoms with Crippen LogP contribution in [0.4, 0.5) is 0 Å². The summed E-state index contributed by atoms with van der Waals surface area (Å²) in [7, 11) is 0. The number of aromatic hydroxyl groups is 1. The highest BCUT2D eigenvalue weighted by atomic mass is 16.4. The highest BCUT2D eigenvalue weighted by Gasteiger charge is 2.21. The number of benzene rings is 1. The molecule has 1 aromatic carbocycles. The zero-order valence-corrected chi connectivity index (χ0v) is 31.6. The fraction of sp³-hybridized carbons (Fsp3) is 0.273. The molecule has 274 valence electrons. The molecule has 0 amide bonds. The van der Waals surface area contributed by atoms with Gasteiger partial charge in [0.05, 0.1) is 22.8 Å². The molecule has 3 aromatic heterocycles. The van der Waals surface area contributed by atoms with Crippen LogP contribution >= 0.6 is 0 Å². The van der Waals surface area contributed by atoms with E-state index < -0.39 is 11.9 Å². The Morgan fingerprint density at radius 1 is 0.717 bits per heavy atom. The van der Waals surface area contributed by atoms with Crippen molar-refractivity contribution in [2.24, 2.45) is 0 Å². The van der Waals surface area contributed by atoms with Gasteiger partial charge in [-0.2, -0.15) is 0 Å². The summed E-state index contributed by atoms with van der Waals surface area (Å²) in [4.78, 5) is 40.0. The Kier molecular flexibility index (Phi) is 11.4. The van der Waals surface area contributed by atoms with Gasteiger partial charge in [-0.1, -0.05) is 51.3 Å². The molecule has 5 N–H and O–H groups in total. The quantitative estimate of drug-likeness (QED) is 0.116. The molecule has 0 saturated heterocycles. The first-order chi connectivity index (χ1) is 25.1. The van der Waals surface area contributed by atoms with Crippen LogP contribution in [0.15, 0.2) is 61.7 Å². The van der Waals surface area contributed by atoms with E-state index in [9.17, 15) is 24.9 Å². The van der Waals surface area contributed by atoms with Crippen LogP contribution in [-0.2, 0) is 16.0 Å². The maximum Gasteiger partial charge on any atom is 0.303 e. The number of phenols is 1. The second-order valence-electron chi connectivity index (χ2n) is 13.9. The third kappa shape index (κ3) is 8.09. The molecule has 0 unspecified atom stereocenters. The van der Waals surface area contributed by atoms with Gasteiger partial charge in [0.2, 0.25) is 0 Å². The van der Waals surface area contributed by atoms with Gasteiger partial charge in [-0.25, -0.2) is 9.97 Å². The summed E-state index contributed by atoms with van der Waals surface area (Å²) in [6, 6.07) is 13.7. The normalized spacial score (nSPS) is 12.5. The first kappa shape index (κ1) is 38.3. The molecule has 0 aliphatic carbocycles. The second kappa shape index (κ2) is 15.7. The van der Waals surface area contributed by atoms with Crippen LogP contribution in [0, 0.1) is 20.8 Å². The maximum atomic E-state index is 11.5. The number of aromatic amines is 2. The maximum absolute atomic E-state index is 11.5. The molecule has 0 saturated carbocycles.